The number of aromatic nitrogens is 4. The van der Waals surface area contributed by atoms with Crippen molar-refractivity contribution in [3.63, 3.8) is 0 Å². The molecule has 1 aliphatic heterocycles. The lowest BCUT2D eigenvalue weighted by Gasteiger charge is -2.06. The van der Waals surface area contributed by atoms with Crippen LogP contribution < -0.4 is 10.9 Å². The minimum absolute atomic E-state index is 0.0535. The number of hydrogen-bond acceptors (Lipinski definition) is 4. The van der Waals surface area contributed by atoms with Crippen LogP contribution in [0, 0.1) is 0 Å². The largest absolute Gasteiger partial charge is 0.369 e. The van der Waals surface area contributed by atoms with Crippen molar-refractivity contribution in [2.24, 2.45) is 0 Å². The standard InChI is InChI=1S/C15H13N5O/c21-15-11-6-9-18-14-10(4-3-8-17-14)13(11)19-20(15)12-5-1-2-7-16-12/h1-5,7-8,19H,6,9H2,(H,17,18). The van der Waals surface area contributed by atoms with Gasteiger partial charge < -0.3 is 5.32 Å². The van der Waals surface area contributed by atoms with Crippen molar-refractivity contribution in [1.29, 1.82) is 0 Å². The van der Waals surface area contributed by atoms with Crippen molar-refractivity contribution in [3.8, 4) is 17.1 Å². The van der Waals surface area contributed by atoms with Gasteiger partial charge in [-0.25, -0.2) is 14.6 Å². The summed E-state index contributed by atoms with van der Waals surface area (Å²) >= 11 is 0. The van der Waals surface area contributed by atoms with Crippen LogP contribution in [0.25, 0.3) is 17.1 Å². The molecule has 0 saturated heterocycles. The summed E-state index contributed by atoms with van der Waals surface area (Å²) in [5, 5.41) is 6.43. The third-order valence-electron chi connectivity index (χ3n) is 3.61. The lowest BCUT2D eigenvalue weighted by Crippen LogP contribution is -2.19. The maximum Gasteiger partial charge on any atom is 0.276 e. The van der Waals surface area contributed by atoms with E-state index in [4.69, 9.17) is 0 Å². The minimum Gasteiger partial charge on any atom is -0.369 e. The monoisotopic (exact) mass is 279 g/mol. The number of anilines is 1. The molecule has 0 aliphatic carbocycles. The van der Waals surface area contributed by atoms with Gasteiger partial charge in [0.15, 0.2) is 5.82 Å². The molecule has 104 valence electrons. The molecule has 2 N–H and O–H groups in total. The average Bonchev–Trinajstić information content (AvgIpc) is 2.75. The van der Waals surface area contributed by atoms with Crippen molar-refractivity contribution < 1.29 is 0 Å². The molecule has 0 unspecified atom stereocenters. The van der Waals surface area contributed by atoms with Crippen LogP contribution in [0.1, 0.15) is 5.56 Å². The van der Waals surface area contributed by atoms with Gasteiger partial charge in [-0.05, 0) is 30.7 Å². The second-order valence-corrected chi connectivity index (χ2v) is 4.87. The fourth-order valence-electron chi connectivity index (χ4n) is 2.63. The van der Waals surface area contributed by atoms with Crippen LogP contribution in [0.2, 0.25) is 0 Å². The Balaban J connectivity index is 1.97. The summed E-state index contributed by atoms with van der Waals surface area (Å²) in [5.74, 6) is 1.39. The normalized spacial score (nSPS) is 13.0. The number of fused-ring (bicyclic) bond motifs is 3. The lowest BCUT2D eigenvalue weighted by atomic mass is 10.1. The zero-order valence-corrected chi connectivity index (χ0v) is 11.2. The number of nitrogens with one attached hydrogen (secondary N) is 2. The molecule has 6 heteroatoms. The number of rotatable bonds is 1. The minimum atomic E-state index is -0.0535. The fourth-order valence-corrected chi connectivity index (χ4v) is 2.63. The molecule has 0 bridgehead atoms. The smallest absolute Gasteiger partial charge is 0.276 e. The third-order valence-corrected chi connectivity index (χ3v) is 3.61. The van der Waals surface area contributed by atoms with Crippen LogP contribution in [0.15, 0.2) is 47.5 Å². The molecule has 4 heterocycles. The summed E-state index contributed by atoms with van der Waals surface area (Å²) in [4.78, 5) is 21.2. The van der Waals surface area contributed by atoms with Gasteiger partial charge in [0.05, 0.1) is 5.69 Å². The van der Waals surface area contributed by atoms with Crippen molar-refractivity contribution in [2.75, 3.05) is 11.9 Å². The quantitative estimate of drug-likeness (QED) is 0.709. The van der Waals surface area contributed by atoms with Gasteiger partial charge in [-0.2, -0.15) is 0 Å². The van der Waals surface area contributed by atoms with E-state index in [1.807, 2.05) is 24.3 Å². The van der Waals surface area contributed by atoms with E-state index in [9.17, 15) is 4.79 Å². The molecule has 0 amide bonds. The highest BCUT2D eigenvalue weighted by molar-refractivity contribution is 5.75. The molecule has 0 fully saturated rings. The van der Waals surface area contributed by atoms with E-state index in [-0.39, 0.29) is 5.56 Å². The first-order chi connectivity index (χ1) is 10.3. The number of aromatic amines is 1. The van der Waals surface area contributed by atoms with E-state index in [1.165, 1.54) is 4.68 Å². The Labute approximate surface area is 120 Å². The van der Waals surface area contributed by atoms with Gasteiger partial charge in [0, 0.05) is 30.1 Å². The van der Waals surface area contributed by atoms with Crippen LogP contribution in [-0.4, -0.2) is 26.3 Å². The molecular weight excluding hydrogens is 266 g/mol. The second-order valence-electron chi connectivity index (χ2n) is 4.87. The number of pyridine rings is 2. The molecule has 3 aromatic heterocycles. The molecule has 21 heavy (non-hydrogen) atoms. The topological polar surface area (TPSA) is 75.6 Å². The Bertz CT molecular complexity index is 850. The van der Waals surface area contributed by atoms with Gasteiger partial charge in [-0.1, -0.05) is 6.07 Å². The van der Waals surface area contributed by atoms with Gasteiger partial charge in [0.2, 0.25) is 0 Å². The van der Waals surface area contributed by atoms with E-state index in [1.54, 1.807) is 18.5 Å². The van der Waals surface area contributed by atoms with Gasteiger partial charge in [-0.15, -0.1) is 0 Å². The highest BCUT2D eigenvalue weighted by Gasteiger charge is 2.21. The number of H-pyrrole nitrogens is 1. The third kappa shape index (κ3) is 1.84. The predicted molar refractivity (Wildman–Crippen MR) is 79.6 cm³/mol. The highest BCUT2D eigenvalue weighted by Crippen LogP contribution is 2.29. The molecule has 0 atom stereocenters. The summed E-state index contributed by atoms with van der Waals surface area (Å²) < 4.78 is 1.49. The van der Waals surface area contributed by atoms with Gasteiger partial charge >= 0.3 is 0 Å². The number of nitrogens with zero attached hydrogens (tertiary/aromatic N) is 3. The van der Waals surface area contributed by atoms with Crippen molar-refractivity contribution in [3.05, 3.63) is 58.6 Å². The Hall–Kier alpha value is -2.89. The molecule has 4 rings (SSSR count). The first kappa shape index (κ1) is 11.9. The first-order valence-electron chi connectivity index (χ1n) is 6.79. The molecule has 0 spiro atoms. The zero-order chi connectivity index (χ0) is 14.2. The van der Waals surface area contributed by atoms with Gasteiger partial charge in [-0.3, -0.25) is 9.89 Å². The fraction of sp³-hybridized carbons (Fsp3) is 0.133. The Morgan fingerprint density at radius 2 is 2.00 bits per heavy atom. The molecule has 0 aromatic carbocycles. The van der Waals surface area contributed by atoms with E-state index in [2.05, 4.69) is 20.4 Å². The van der Waals surface area contributed by atoms with Crippen molar-refractivity contribution in [1.82, 2.24) is 19.7 Å². The molecular formula is C15H13N5O. The Morgan fingerprint density at radius 1 is 1.10 bits per heavy atom. The maximum absolute atomic E-state index is 12.6. The Kier molecular flexibility index (Phi) is 2.60. The van der Waals surface area contributed by atoms with Crippen LogP contribution in [-0.2, 0) is 6.42 Å². The maximum atomic E-state index is 12.6. The highest BCUT2D eigenvalue weighted by atomic mass is 16.1. The summed E-state index contributed by atoms with van der Waals surface area (Å²) in [7, 11) is 0. The molecule has 0 saturated carbocycles. The first-order valence-corrected chi connectivity index (χ1v) is 6.79. The van der Waals surface area contributed by atoms with Crippen LogP contribution >= 0.6 is 0 Å². The van der Waals surface area contributed by atoms with Gasteiger partial charge in [0.25, 0.3) is 5.56 Å². The van der Waals surface area contributed by atoms with E-state index in [0.29, 0.717) is 18.8 Å². The van der Waals surface area contributed by atoms with Crippen LogP contribution in [0.5, 0.6) is 0 Å². The Morgan fingerprint density at radius 3 is 2.86 bits per heavy atom. The molecule has 3 aromatic rings. The van der Waals surface area contributed by atoms with Gasteiger partial charge in [0.1, 0.15) is 5.82 Å². The summed E-state index contributed by atoms with van der Waals surface area (Å²) in [6.45, 7) is 0.687. The molecule has 6 nitrogen and oxygen atoms in total. The van der Waals surface area contributed by atoms with Crippen LogP contribution in [0.4, 0.5) is 5.82 Å². The average molecular weight is 279 g/mol. The summed E-state index contributed by atoms with van der Waals surface area (Å²) in [6.07, 6.45) is 4.07. The van der Waals surface area contributed by atoms with Crippen molar-refractivity contribution >= 4 is 5.82 Å². The predicted octanol–water partition coefficient (Wildman–Crippen LogP) is 1.59. The molecule has 1 aliphatic rings. The summed E-state index contributed by atoms with van der Waals surface area (Å²) in [6, 6.07) is 9.31. The van der Waals surface area contributed by atoms with E-state index in [0.717, 1.165) is 22.6 Å². The lowest BCUT2D eigenvalue weighted by molar-refractivity contribution is 0.816. The van der Waals surface area contributed by atoms with Crippen molar-refractivity contribution in [2.45, 2.75) is 6.42 Å². The van der Waals surface area contributed by atoms with Crippen LogP contribution in [0.3, 0.4) is 0 Å². The zero-order valence-electron chi connectivity index (χ0n) is 11.2. The SMILES string of the molecule is O=c1c2c([nH]n1-c1ccccn1)-c1cccnc1NCC2. The van der Waals surface area contributed by atoms with E-state index >= 15 is 0 Å². The van der Waals surface area contributed by atoms with E-state index < -0.39 is 0 Å². The summed E-state index contributed by atoms with van der Waals surface area (Å²) in [5.41, 5.74) is 2.44. The molecule has 0 radical (unpaired) electrons. The second kappa shape index (κ2) is 4.59. The number of hydrogen-bond donors (Lipinski definition) is 2.